The van der Waals surface area contributed by atoms with Crippen LogP contribution in [0.4, 0.5) is 0 Å². The Kier molecular flexibility index (Phi) is 5.30. The van der Waals surface area contributed by atoms with Crippen LogP contribution in [0.5, 0.6) is 0 Å². The normalized spacial score (nSPS) is 13.1. The van der Waals surface area contributed by atoms with Gasteiger partial charge in [-0.1, -0.05) is 37.6 Å². The van der Waals surface area contributed by atoms with Crippen LogP contribution in [0.1, 0.15) is 31.4 Å². The maximum absolute atomic E-state index is 12.1. The smallest absolute Gasteiger partial charge is 0.228 e. The van der Waals surface area contributed by atoms with Gasteiger partial charge >= 0.3 is 0 Å². The lowest BCUT2D eigenvalue weighted by Gasteiger charge is -2.07. The quantitative estimate of drug-likeness (QED) is 0.624. The van der Waals surface area contributed by atoms with Gasteiger partial charge in [-0.2, -0.15) is 0 Å². The predicted octanol–water partition coefficient (Wildman–Crippen LogP) is 1.78. The van der Waals surface area contributed by atoms with Gasteiger partial charge < -0.3 is 11.5 Å². The van der Waals surface area contributed by atoms with Crippen molar-refractivity contribution in [1.29, 1.82) is 0 Å². The number of hydrogen-bond acceptors (Lipinski definition) is 4. The third-order valence-corrected chi connectivity index (χ3v) is 2.87. The summed E-state index contributed by atoms with van der Waals surface area (Å²) >= 11 is 0. The van der Waals surface area contributed by atoms with Gasteiger partial charge in [0.2, 0.25) is 5.78 Å². The van der Waals surface area contributed by atoms with Crippen LogP contribution in [0.3, 0.4) is 0 Å². The zero-order chi connectivity index (χ0) is 14.4. The fourth-order valence-corrected chi connectivity index (χ4v) is 1.79. The van der Waals surface area contributed by atoms with Gasteiger partial charge in [0.15, 0.2) is 0 Å². The highest BCUT2D eigenvalue weighted by Gasteiger charge is 2.17. The molecule has 0 bridgehead atoms. The van der Waals surface area contributed by atoms with Crippen LogP contribution in [0, 0.1) is 0 Å². The Balaban J connectivity index is 3.05. The zero-order valence-electron chi connectivity index (χ0n) is 11.7. The number of aryl methyl sites for hydroxylation is 1. The summed E-state index contributed by atoms with van der Waals surface area (Å²) in [6, 6.07) is 7.80. The number of rotatable bonds is 5. The molecule has 102 valence electrons. The molecule has 0 aliphatic heterocycles. The summed E-state index contributed by atoms with van der Waals surface area (Å²) in [6.45, 7) is 3.73. The second-order valence-corrected chi connectivity index (χ2v) is 4.44. The third-order valence-electron chi connectivity index (χ3n) is 2.87. The number of hydrogen-bond donors (Lipinski definition) is 2. The van der Waals surface area contributed by atoms with Crippen molar-refractivity contribution >= 4 is 11.5 Å². The molecule has 1 aromatic carbocycles. The first-order chi connectivity index (χ1) is 9.01. The Labute approximate surface area is 114 Å². The third kappa shape index (κ3) is 3.68. The average molecular weight is 259 g/mol. The van der Waals surface area contributed by atoms with E-state index in [-0.39, 0.29) is 11.5 Å². The monoisotopic (exact) mass is 259 g/mol. The Morgan fingerprint density at radius 2 is 1.79 bits per heavy atom. The number of nitrogens with zero attached hydrogens (tertiary/aromatic N) is 1. The van der Waals surface area contributed by atoms with Crippen LogP contribution < -0.4 is 11.5 Å². The van der Waals surface area contributed by atoms with Crippen molar-refractivity contribution in [1.82, 2.24) is 0 Å². The van der Waals surface area contributed by atoms with Crippen LogP contribution in [0.15, 0.2) is 40.7 Å². The van der Waals surface area contributed by atoms with Gasteiger partial charge in [0.25, 0.3) is 0 Å². The topological polar surface area (TPSA) is 81.5 Å². The summed E-state index contributed by atoms with van der Waals surface area (Å²) in [4.78, 5) is 16.2. The summed E-state index contributed by atoms with van der Waals surface area (Å²) in [5, 5.41) is 0. The minimum atomic E-state index is -0.328. The van der Waals surface area contributed by atoms with Crippen LogP contribution in [-0.2, 0) is 11.2 Å². The number of allylic oxidation sites excluding steroid dienone is 2. The molecule has 4 nitrogen and oxygen atoms in total. The molecule has 0 aromatic heterocycles. The number of benzene rings is 1. The highest BCUT2D eigenvalue weighted by Crippen LogP contribution is 2.10. The molecule has 0 spiro atoms. The molecule has 0 atom stereocenters. The number of Topliss-reactive ketones (excluding diaryl/α,β-unsaturated/α-hetero) is 1. The van der Waals surface area contributed by atoms with E-state index in [2.05, 4.69) is 11.9 Å². The van der Waals surface area contributed by atoms with Crippen LogP contribution in [-0.4, -0.2) is 18.5 Å². The summed E-state index contributed by atoms with van der Waals surface area (Å²) in [6.07, 6.45) is 2.12. The van der Waals surface area contributed by atoms with E-state index in [4.69, 9.17) is 11.5 Å². The minimum Gasteiger partial charge on any atom is -0.400 e. The molecule has 0 fully saturated rings. The van der Waals surface area contributed by atoms with Gasteiger partial charge in [-0.3, -0.25) is 9.79 Å². The fraction of sp³-hybridized carbons (Fsp3) is 0.333. The Bertz CT molecular complexity index is 509. The first-order valence-electron chi connectivity index (χ1n) is 6.33. The van der Waals surface area contributed by atoms with Crippen molar-refractivity contribution in [2.75, 3.05) is 7.05 Å². The van der Waals surface area contributed by atoms with E-state index in [1.165, 1.54) is 5.56 Å². The Hall–Kier alpha value is -2.10. The van der Waals surface area contributed by atoms with Crippen molar-refractivity contribution < 1.29 is 4.79 Å². The number of ketones is 1. The Morgan fingerprint density at radius 1 is 1.21 bits per heavy atom. The molecule has 0 amide bonds. The Morgan fingerprint density at radius 3 is 2.21 bits per heavy atom. The number of aliphatic imine (C=N–C) groups is 1. The molecule has 0 aliphatic rings. The van der Waals surface area contributed by atoms with Crippen molar-refractivity contribution in [2.45, 2.75) is 26.7 Å². The molecule has 1 aromatic rings. The molecular formula is C15H21N3O. The van der Waals surface area contributed by atoms with Gasteiger partial charge in [0.05, 0.1) is 0 Å². The second kappa shape index (κ2) is 6.73. The maximum Gasteiger partial charge on any atom is 0.228 e. The van der Waals surface area contributed by atoms with Crippen LogP contribution in [0.2, 0.25) is 0 Å². The summed E-state index contributed by atoms with van der Waals surface area (Å²) < 4.78 is 0. The van der Waals surface area contributed by atoms with Gasteiger partial charge in [-0.15, -0.1) is 0 Å². The van der Waals surface area contributed by atoms with E-state index in [1.807, 2.05) is 24.3 Å². The molecule has 0 radical (unpaired) electrons. The lowest BCUT2D eigenvalue weighted by atomic mass is 10.0. The van der Waals surface area contributed by atoms with Crippen molar-refractivity contribution in [3.8, 4) is 0 Å². The lowest BCUT2D eigenvalue weighted by molar-refractivity contribution is -0.109. The fourth-order valence-electron chi connectivity index (χ4n) is 1.79. The summed E-state index contributed by atoms with van der Waals surface area (Å²) in [5.41, 5.74) is 13.9. The van der Waals surface area contributed by atoms with Crippen molar-refractivity contribution in [2.24, 2.45) is 16.5 Å². The van der Waals surface area contributed by atoms with E-state index in [0.717, 1.165) is 18.4 Å². The van der Waals surface area contributed by atoms with E-state index in [1.54, 1.807) is 14.0 Å². The predicted molar refractivity (Wildman–Crippen MR) is 79.0 cm³/mol. The van der Waals surface area contributed by atoms with E-state index in [0.29, 0.717) is 11.4 Å². The van der Waals surface area contributed by atoms with E-state index in [9.17, 15) is 4.79 Å². The lowest BCUT2D eigenvalue weighted by Crippen LogP contribution is -2.25. The zero-order valence-corrected chi connectivity index (χ0v) is 11.7. The molecule has 4 N–H and O–H groups in total. The van der Waals surface area contributed by atoms with Crippen LogP contribution in [0.25, 0.3) is 0 Å². The van der Waals surface area contributed by atoms with Gasteiger partial charge in [0, 0.05) is 18.3 Å². The van der Waals surface area contributed by atoms with E-state index < -0.39 is 0 Å². The van der Waals surface area contributed by atoms with Crippen molar-refractivity contribution in [3.05, 3.63) is 46.8 Å². The number of nitrogens with two attached hydrogens (primary N) is 2. The van der Waals surface area contributed by atoms with E-state index >= 15 is 0 Å². The molecule has 0 saturated carbocycles. The summed E-state index contributed by atoms with van der Waals surface area (Å²) in [7, 11) is 1.58. The largest absolute Gasteiger partial charge is 0.400 e. The maximum atomic E-state index is 12.1. The molecule has 1 rings (SSSR count). The number of carbonyl (C=O) groups excluding carboxylic acids is 1. The molecule has 0 unspecified atom stereocenters. The molecular weight excluding hydrogens is 238 g/mol. The molecule has 4 heteroatoms. The minimum absolute atomic E-state index is 0.0539. The van der Waals surface area contributed by atoms with Gasteiger partial charge in [-0.25, -0.2) is 0 Å². The highest BCUT2D eigenvalue weighted by atomic mass is 16.1. The molecule has 0 heterocycles. The standard InChI is InChI=1S/C15H21N3O/c1-4-5-11-6-8-12(9-7-11)14(18-3)15(19)13(17)10(2)16/h6-9H,4-5,16-17H2,1-3H3. The van der Waals surface area contributed by atoms with Gasteiger partial charge in [0.1, 0.15) is 11.4 Å². The second-order valence-electron chi connectivity index (χ2n) is 4.44. The first-order valence-corrected chi connectivity index (χ1v) is 6.33. The summed E-state index contributed by atoms with van der Waals surface area (Å²) in [5.74, 6) is -0.328. The average Bonchev–Trinajstić information content (AvgIpc) is 2.40. The molecule has 0 aliphatic carbocycles. The highest BCUT2D eigenvalue weighted by molar-refractivity contribution is 6.51. The van der Waals surface area contributed by atoms with Crippen molar-refractivity contribution in [3.63, 3.8) is 0 Å². The van der Waals surface area contributed by atoms with Crippen LogP contribution >= 0.6 is 0 Å². The molecule has 0 saturated heterocycles. The first kappa shape index (κ1) is 15.0. The molecule has 19 heavy (non-hydrogen) atoms. The SMILES string of the molecule is CCCc1ccc(C(=NC)C(=O)C(N)=C(C)N)cc1. The van der Waals surface area contributed by atoms with Gasteiger partial charge in [-0.05, 0) is 18.9 Å². The number of carbonyl (C=O) groups is 1.